The van der Waals surface area contributed by atoms with Crippen molar-refractivity contribution in [2.45, 2.75) is 32.2 Å². The minimum Gasteiger partial charge on any atom is -0.358 e. The van der Waals surface area contributed by atoms with Crippen LogP contribution < -0.4 is 0 Å². The zero-order valence-corrected chi connectivity index (χ0v) is 21.2. The van der Waals surface area contributed by atoms with Gasteiger partial charge in [-0.2, -0.15) is 0 Å². The van der Waals surface area contributed by atoms with Crippen LogP contribution >= 0.6 is 11.6 Å². The number of nitrogens with one attached hydrogen (secondary N) is 2. The lowest BCUT2D eigenvalue weighted by atomic mass is 10.0. The van der Waals surface area contributed by atoms with Gasteiger partial charge in [0.05, 0.1) is 22.3 Å². The van der Waals surface area contributed by atoms with Gasteiger partial charge in [-0.25, -0.2) is 9.97 Å². The first-order valence-electron chi connectivity index (χ1n) is 12.2. The summed E-state index contributed by atoms with van der Waals surface area (Å²) in [6.07, 6.45) is 3.02. The van der Waals surface area contributed by atoms with E-state index in [4.69, 9.17) is 11.6 Å². The molecule has 4 aromatic rings. The van der Waals surface area contributed by atoms with E-state index < -0.39 is 17.2 Å². The average Bonchev–Trinajstić information content (AvgIpc) is 3.38. The van der Waals surface area contributed by atoms with Gasteiger partial charge in [-0.1, -0.05) is 29.8 Å². The van der Waals surface area contributed by atoms with Gasteiger partial charge in [-0.3, -0.25) is 14.4 Å². The molecule has 1 saturated carbocycles. The van der Waals surface area contributed by atoms with Gasteiger partial charge in [0.1, 0.15) is 16.5 Å². The molecule has 10 heteroatoms. The average molecular weight is 517 g/mol. The number of aromatic amines is 2. The molecule has 0 bridgehead atoms. The zero-order chi connectivity index (χ0) is 25.9. The SMILES string of the molecule is Cc1nc(-c2cc(Cl)nc3c(C(=O)C(=O)N4CCN(C(=O)c5ccccc5)CC45CC5)c[nH]c23)[nH]c1C. The summed E-state index contributed by atoms with van der Waals surface area (Å²) in [6, 6.07) is 10.8. The number of hydrogen-bond donors (Lipinski definition) is 2. The Hall–Kier alpha value is -3.98. The van der Waals surface area contributed by atoms with Crippen molar-refractivity contribution in [1.29, 1.82) is 0 Å². The van der Waals surface area contributed by atoms with Crippen molar-refractivity contribution >= 4 is 40.2 Å². The molecule has 188 valence electrons. The number of piperazine rings is 1. The number of fused-ring (bicyclic) bond motifs is 1. The zero-order valence-electron chi connectivity index (χ0n) is 20.5. The highest BCUT2D eigenvalue weighted by Gasteiger charge is 2.55. The molecule has 2 amide bonds. The highest BCUT2D eigenvalue weighted by molar-refractivity contribution is 6.45. The minimum absolute atomic E-state index is 0.0586. The third kappa shape index (κ3) is 3.90. The number of aromatic nitrogens is 4. The highest BCUT2D eigenvalue weighted by atomic mass is 35.5. The molecular weight excluding hydrogens is 492 g/mol. The fraction of sp³-hybridized carbons (Fsp3) is 0.296. The van der Waals surface area contributed by atoms with Crippen molar-refractivity contribution in [3.05, 3.63) is 70.3 Å². The van der Waals surface area contributed by atoms with Crippen LogP contribution in [-0.2, 0) is 4.79 Å². The fourth-order valence-corrected chi connectivity index (χ4v) is 5.34. The van der Waals surface area contributed by atoms with Crippen LogP contribution in [0.5, 0.6) is 0 Å². The maximum atomic E-state index is 13.5. The number of rotatable bonds is 4. The van der Waals surface area contributed by atoms with Gasteiger partial charge >= 0.3 is 0 Å². The number of amides is 2. The van der Waals surface area contributed by atoms with Gasteiger partial charge in [0.25, 0.3) is 17.6 Å². The molecule has 9 nitrogen and oxygen atoms in total. The Balaban J connectivity index is 1.27. The Morgan fingerprint density at radius 3 is 2.49 bits per heavy atom. The molecule has 1 spiro atoms. The number of carbonyl (C=O) groups excluding carboxylic acids is 3. The number of halogens is 1. The summed E-state index contributed by atoms with van der Waals surface area (Å²) >= 11 is 6.32. The van der Waals surface area contributed by atoms with Crippen LogP contribution in [0.2, 0.25) is 5.15 Å². The van der Waals surface area contributed by atoms with Crippen molar-refractivity contribution in [3.63, 3.8) is 0 Å². The van der Waals surface area contributed by atoms with Crippen LogP contribution in [0.25, 0.3) is 22.4 Å². The van der Waals surface area contributed by atoms with E-state index in [0.29, 0.717) is 47.6 Å². The van der Waals surface area contributed by atoms with Gasteiger partial charge in [0.15, 0.2) is 0 Å². The van der Waals surface area contributed by atoms with Crippen LogP contribution in [0, 0.1) is 13.8 Å². The molecule has 2 N–H and O–H groups in total. The molecule has 37 heavy (non-hydrogen) atoms. The largest absolute Gasteiger partial charge is 0.358 e. The molecule has 2 fully saturated rings. The Morgan fingerprint density at radius 1 is 1.05 bits per heavy atom. The maximum Gasteiger partial charge on any atom is 0.295 e. The number of nitrogens with zero attached hydrogens (tertiary/aromatic N) is 4. The van der Waals surface area contributed by atoms with E-state index in [1.54, 1.807) is 28.0 Å². The first-order chi connectivity index (χ1) is 17.8. The number of benzene rings is 1. The molecule has 3 aromatic heterocycles. The summed E-state index contributed by atoms with van der Waals surface area (Å²) in [5, 5.41) is 0.196. The Labute approximate surface area is 217 Å². The van der Waals surface area contributed by atoms with Crippen LogP contribution in [0.3, 0.4) is 0 Å². The predicted octanol–water partition coefficient (Wildman–Crippen LogP) is 3.92. The topological polar surface area (TPSA) is 115 Å². The van der Waals surface area contributed by atoms with Crippen LogP contribution in [-0.4, -0.2) is 72.5 Å². The number of imidazole rings is 1. The summed E-state index contributed by atoms with van der Waals surface area (Å²) in [7, 11) is 0. The summed E-state index contributed by atoms with van der Waals surface area (Å²) in [5.41, 5.74) is 3.65. The third-order valence-corrected chi connectivity index (χ3v) is 7.65. The van der Waals surface area contributed by atoms with E-state index in [9.17, 15) is 14.4 Å². The lowest BCUT2D eigenvalue weighted by molar-refractivity contribution is -0.131. The Bertz CT molecular complexity index is 1550. The molecular formula is C27H25ClN6O3. The lowest BCUT2D eigenvalue weighted by Gasteiger charge is -2.41. The van der Waals surface area contributed by atoms with E-state index in [-0.39, 0.29) is 16.6 Å². The van der Waals surface area contributed by atoms with E-state index in [1.807, 2.05) is 32.0 Å². The summed E-state index contributed by atoms with van der Waals surface area (Å²) in [4.78, 5) is 58.7. The number of carbonyl (C=O) groups is 3. The van der Waals surface area contributed by atoms with E-state index >= 15 is 0 Å². The molecule has 2 aliphatic rings. The van der Waals surface area contributed by atoms with Gasteiger partial charge in [0.2, 0.25) is 0 Å². The first-order valence-corrected chi connectivity index (χ1v) is 12.6. The second kappa shape index (κ2) is 8.55. The van der Waals surface area contributed by atoms with E-state index in [1.165, 1.54) is 6.20 Å². The number of ketones is 1. The van der Waals surface area contributed by atoms with E-state index in [2.05, 4.69) is 19.9 Å². The smallest absolute Gasteiger partial charge is 0.295 e. The number of Topliss-reactive ketones (excluding diaryl/α,β-unsaturated/α-hetero) is 1. The normalized spacial score (nSPS) is 16.4. The molecule has 6 rings (SSSR count). The van der Waals surface area contributed by atoms with Crippen LogP contribution in [0.4, 0.5) is 0 Å². The molecule has 4 heterocycles. The van der Waals surface area contributed by atoms with Gasteiger partial charge in [-0.15, -0.1) is 0 Å². The van der Waals surface area contributed by atoms with Crippen LogP contribution in [0.1, 0.15) is 44.9 Å². The highest BCUT2D eigenvalue weighted by Crippen LogP contribution is 2.45. The van der Waals surface area contributed by atoms with Crippen molar-refractivity contribution in [2.75, 3.05) is 19.6 Å². The molecule has 0 unspecified atom stereocenters. The van der Waals surface area contributed by atoms with Crippen molar-refractivity contribution in [3.8, 4) is 11.4 Å². The number of H-pyrrole nitrogens is 2. The minimum atomic E-state index is -0.645. The maximum absolute atomic E-state index is 13.5. The predicted molar refractivity (Wildman–Crippen MR) is 139 cm³/mol. The van der Waals surface area contributed by atoms with Gasteiger partial charge < -0.3 is 19.8 Å². The molecule has 0 atom stereocenters. The second-order valence-corrected chi connectivity index (χ2v) is 10.2. The molecule has 1 aliphatic carbocycles. The third-order valence-electron chi connectivity index (χ3n) is 7.46. The van der Waals surface area contributed by atoms with Gasteiger partial charge in [-0.05, 0) is 44.9 Å². The number of hydrogen-bond acceptors (Lipinski definition) is 5. The van der Waals surface area contributed by atoms with Gasteiger partial charge in [0, 0.05) is 42.7 Å². The molecule has 1 aliphatic heterocycles. The number of aryl methyl sites for hydroxylation is 2. The van der Waals surface area contributed by atoms with Crippen LogP contribution in [0.15, 0.2) is 42.6 Å². The lowest BCUT2D eigenvalue weighted by Crippen LogP contribution is -2.59. The summed E-state index contributed by atoms with van der Waals surface area (Å²) < 4.78 is 0. The molecule has 1 aromatic carbocycles. The second-order valence-electron chi connectivity index (χ2n) is 9.82. The first kappa shape index (κ1) is 23.4. The monoisotopic (exact) mass is 516 g/mol. The van der Waals surface area contributed by atoms with Crippen molar-refractivity contribution in [1.82, 2.24) is 29.7 Å². The fourth-order valence-electron chi connectivity index (χ4n) is 5.14. The Kier molecular flexibility index (Phi) is 5.41. The van der Waals surface area contributed by atoms with E-state index in [0.717, 1.165) is 24.2 Å². The Morgan fingerprint density at radius 2 is 1.81 bits per heavy atom. The summed E-state index contributed by atoms with van der Waals surface area (Å²) in [6.45, 7) is 4.91. The van der Waals surface area contributed by atoms with Crippen molar-refractivity contribution < 1.29 is 14.4 Å². The standard InChI is InChI=1S/C27H25ClN6O3/c1-15-16(2)31-24(30-15)18-12-20(28)32-22-19(13-29-21(18)22)23(35)26(37)34-11-10-33(14-27(34)8-9-27)25(36)17-6-4-3-5-7-17/h3-7,12-13,29H,8-11,14H2,1-2H3,(H,30,31). The summed E-state index contributed by atoms with van der Waals surface area (Å²) in [5.74, 6) is -0.685. The van der Waals surface area contributed by atoms with Crippen molar-refractivity contribution in [2.24, 2.45) is 0 Å². The number of pyridine rings is 1. The quantitative estimate of drug-likeness (QED) is 0.242. The molecule has 0 radical (unpaired) electrons. The molecule has 1 saturated heterocycles.